The first-order valence-electron chi connectivity index (χ1n) is 3.57. The molecular formula is C8H17N. The minimum absolute atomic E-state index is 0.714. The Morgan fingerprint density at radius 1 is 1.22 bits per heavy atom. The summed E-state index contributed by atoms with van der Waals surface area (Å²) in [5.41, 5.74) is 8.25. The lowest BCUT2D eigenvalue weighted by atomic mass is 10.1. The predicted molar refractivity (Wildman–Crippen MR) is 42.3 cm³/mol. The average Bonchev–Trinajstić information content (AvgIpc) is 1.87. The van der Waals surface area contributed by atoms with Gasteiger partial charge in [0.05, 0.1) is 0 Å². The van der Waals surface area contributed by atoms with Crippen molar-refractivity contribution in [3.63, 3.8) is 0 Å². The molecule has 0 aliphatic heterocycles. The maximum atomic E-state index is 5.45. The van der Waals surface area contributed by atoms with Crippen molar-refractivity contribution in [1.82, 2.24) is 0 Å². The summed E-state index contributed by atoms with van der Waals surface area (Å²) in [4.78, 5) is 0. The second kappa shape index (κ2) is 4.57. The van der Waals surface area contributed by atoms with Crippen LogP contribution in [0, 0.1) is 0 Å². The normalized spacial score (nSPS) is 13.3. The van der Waals surface area contributed by atoms with Gasteiger partial charge in [-0.15, -0.1) is 0 Å². The summed E-state index contributed by atoms with van der Waals surface area (Å²) in [6.45, 7) is 7.16. The molecule has 0 radical (unpaired) electrons. The molecule has 9 heavy (non-hydrogen) atoms. The standard InChI is InChI=1S/C8H17N/c1-4-5-7(2)8(3)6-9/h4-6,9H2,1-3H3. The second-order valence-electron chi connectivity index (χ2n) is 2.51. The SMILES string of the molecule is CCCC(C)=C(C)CN. The van der Waals surface area contributed by atoms with E-state index in [1.54, 1.807) is 0 Å². The Morgan fingerprint density at radius 3 is 2.11 bits per heavy atom. The van der Waals surface area contributed by atoms with Crippen molar-refractivity contribution < 1.29 is 0 Å². The number of nitrogens with two attached hydrogens (primary N) is 1. The van der Waals surface area contributed by atoms with Gasteiger partial charge in [0.2, 0.25) is 0 Å². The molecule has 0 aromatic heterocycles. The Morgan fingerprint density at radius 2 is 1.78 bits per heavy atom. The molecule has 0 bridgehead atoms. The van der Waals surface area contributed by atoms with Gasteiger partial charge in [-0.1, -0.05) is 24.5 Å². The van der Waals surface area contributed by atoms with Crippen LogP contribution in [0.2, 0.25) is 0 Å². The van der Waals surface area contributed by atoms with Crippen molar-refractivity contribution >= 4 is 0 Å². The highest BCUT2D eigenvalue weighted by Gasteiger charge is 1.91. The first kappa shape index (κ1) is 8.70. The van der Waals surface area contributed by atoms with Crippen molar-refractivity contribution in [2.75, 3.05) is 6.54 Å². The van der Waals surface area contributed by atoms with Crippen molar-refractivity contribution in [3.8, 4) is 0 Å². The van der Waals surface area contributed by atoms with Crippen LogP contribution in [-0.4, -0.2) is 6.54 Å². The maximum absolute atomic E-state index is 5.45. The van der Waals surface area contributed by atoms with Gasteiger partial charge in [0.25, 0.3) is 0 Å². The molecule has 0 aliphatic carbocycles. The first-order chi connectivity index (χ1) is 4.22. The van der Waals surface area contributed by atoms with E-state index in [0.29, 0.717) is 6.54 Å². The van der Waals surface area contributed by atoms with Gasteiger partial charge in [-0.3, -0.25) is 0 Å². The molecule has 0 amide bonds. The van der Waals surface area contributed by atoms with E-state index in [4.69, 9.17) is 5.73 Å². The van der Waals surface area contributed by atoms with Crippen molar-refractivity contribution in [2.24, 2.45) is 5.73 Å². The Bertz CT molecular complexity index is 103. The summed E-state index contributed by atoms with van der Waals surface area (Å²) in [6.07, 6.45) is 2.42. The highest BCUT2D eigenvalue weighted by molar-refractivity contribution is 5.10. The molecule has 0 unspecified atom stereocenters. The Hall–Kier alpha value is -0.300. The van der Waals surface area contributed by atoms with Crippen LogP contribution >= 0.6 is 0 Å². The minimum atomic E-state index is 0.714. The number of rotatable bonds is 3. The zero-order valence-corrected chi connectivity index (χ0v) is 6.70. The lowest BCUT2D eigenvalue weighted by Gasteiger charge is -2.02. The van der Waals surface area contributed by atoms with E-state index in [0.717, 1.165) is 0 Å². The Kier molecular flexibility index (Phi) is 4.41. The molecule has 0 saturated carbocycles. The van der Waals surface area contributed by atoms with Crippen LogP contribution in [-0.2, 0) is 0 Å². The Balaban J connectivity index is 3.78. The molecular weight excluding hydrogens is 110 g/mol. The topological polar surface area (TPSA) is 26.0 Å². The molecule has 0 aromatic carbocycles. The van der Waals surface area contributed by atoms with Gasteiger partial charge in [0.15, 0.2) is 0 Å². The summed E-state index contributed by atoms with van der Waals surface area (Å²) in [5.74, 6) is 0. The molecule has 0 rings (SSSR count). The zero-order valence-electron chi connectivity index (χ0n) is 6.70. The highest BCUT2D eigenvalue weighted by atomic mass is 14.5. The predicted octanol–water partition coefficient (Wildman–Crippen LogP) is 2.08. The number of allylic oxidation sites excluding steroid dienone is 1. The van der Waals surface area contributed by atoms with E-state index < -0.39 is 0 Å². The van der Waals surface area contributed by atoms with E-state index in [1.807, 2.05) is 0 Å². The average molecular weight is 127 g/mol. The molecule has 0 fully saturated rings. The van der Waals surface area contributed by atoms with E-state index in [1.165, 1.54) is 24.0 Å². The van der Waals surface area contributed by atoms with Gasteiger partial charge in [0.1, 0.15) is 0 Å². The van der Waals surface area contributed by atoms with Gasteiger partial charge in [0, 0.05) is 6.54 Å². The van der Waals surface area contributed by atoms with Crippen molar-refractivity contribution in [3.05, 3.63) is 11.1 Å². The van der Waals surface area contributed by atoms with Crippen molar-refractivity contribution in [2.45, 2.75) is 33.6 Å². The molecule has 0 saturated heterocycles. The summed E-state index contributed by atoms with van der Waals surface area (Å²) >= 11 is 0. The van der Waals surface area contributed by atoms with Crippen LogP contribution in [0.15, 0.2) is 11.1 Å². The monoisotopic (exact) mass is 127 g/mol. The fourth-order valence-corrected chi connectivity index (χ4v) is 0.763. The fourth-order valence-electron chi connectivity index (χ4n) is 0.763. The lowest BCUT2D eigenvalue weighted by Crippen LogP contribution is -2.01. The fraction of sp³-hybridized carbons (Fsp3) is 0.750. The largest absolute Gasteiger partial charge is 0.327 e. The van der Waals surface area contributed by atoms with Crippen LogP contribution in [0.4, 0.5) is 0 Å². The molecule has 1 nitrogen and oxygen atoms in total. The van der Waals surface area contributed by atoms with Crippen LogP contribution < -0.4 is 5.73 Å². The third-order valence-electron chi connectivity index (χ3n) is 1.66. The highest BCUT2D eigenvalue weighted by Crippen LogP contribution is 2.07. The second-order valence-corrected chi connectivity index (χ2v) is 2.51. The molecule has 0 aliphatic rings. The third kappa shape index (κ3) is 3.31. The van der Waals surface area contributed by atoms with E-state index in [9.17, 15) is 0 Å². The van der Waals surface area contributed by atoms with Crippen LogP contribution in [0.5, 0.6) is 0 Å². The van der Waals surface area contributed by atoms with E-state index >= 15 is 0 Å². The summed E-state index contributed by atoms with van der Waals surface area (Å²) in [7, 11) is 0. The number of hydrogen-bond acceptors (Lipinski definition) is 1. The molecule has 0 aromatic rings. The maximum Gasteiger partial charge on any atom is 0.0136 e. The lowest BCUT2D eigenvalue weighted by molar-refractivity contribution is 0.880. The molecule has 2 N–H and O–H groups in total. The smallest absolute Gasteiger partial charge is 0.0136 e. The Labute approximate surface area is 57.9 Å². The molecule has 1 heteroatoms. The minimum Gasteiger partial charge on any atom is -0.327 e. The summed E-state index contributed by atoms with van der Waals surface area (Å²) in [5, 5.41) is 0. The molecule has 0 spiro atoms. The van der Waals surface area contributed by atoms with Gasteiger partial charge in [-0.2, -0.15) is 0 Å². The van der Waals surface area contributed by atoms with Gasteiger partial charge in [-0.25, -0.2) is 0 Å². The van der Waals surface area contributed by atoms with E-state index in [2.05, 4.69) is 20.8 Å². The van der Waals surface area contributed by atoms with Crippen LogP contribution in [0.1, 0.15) is 33.6 Å². The van der Waals surface area contributed by atoms with Crippen LogP contribution in [0.25, 0.3) is 0 Å². The van der Waals surface area contributed by atoms with Gasteiger partial charge >= 0.3 is 0 Å². The van der Waals surface area contributed by atoms with Crippen LogP contribution in [0.3, 0.4) is 0 Å². The molecule has 54 valence electrons. The molecule has 0 atom stereocenters. The first-order valence-corrected chi connectivity index (χ1v) is 3.57. The third-order valence-corrected chi connectivity index (χ3v) is 1.66. The quantitative estimate of drug-likeness (QED) is 0.577. The van der Waals surface area contributed by atoms with Gasteiger partial charge < -0.3 is 5.73 Å². The zero-order chi connectivity index (χ0) is 7.28. The van der Waals surface area contributed by atoms with Crippen molar-refractivity contribution in [1.29, 1.82) is 0 Å². The van der Waals surface area contributed by atoms with Gasteiger partial charge in [-0.05, 0) is 20.3 Å². The summed E-state index contributed by atoms with van der Waals surface area (Å²) < 4.78 is 0. The summed E-state index contributed by atoms with van der Waals surface area (Å²) in [6, 6.07) is 0. The number of hydrogen-bond donors (Lipinski definition) is 1. The van der Waals surface area contributed by atoms with E-state index in [-0.39, 0.29) is 0 Å². The molecule has 0 heterocycles.